The number of carboxylic acids is 1. The molecule has 4 nitrogen and oxygen atoms in total. The molecule has 0 radical (unpaired) electrons. The summed E-state index contributed by atoms with van der Waals surface area (Å²) in [6.07, 6.45) is -2.84. The van der Waals surface area contributed by atoms with Crippen molar-refractivity contribution < 1.29 is 23.5 Å². The van der Waals surface area contributed by atoms with Crippen LogP contribution in [0.15, 0.2) is 18.2 Å². The lowest BCUT2D eigenvalue weighted by Crippen LogP contribution is -2.32. The molecule has 0 bridgehead atoms. The van der Waals surface area contributed by atoms with Gasteiger partial charge < -0.3 is 9.90 Å². The lowest BCUT2D eigenvalue weighted by atomic mass is 10.2. The summed E-state index contributed by atoms with van der Waals surface area (Å²) in [5, 5.41) is 10.1. The van der Waals surface area contributed by atoms with Crippen LogP contribution in [0.5, 0.6) is 0 Å². The highest BCUT2D eigenvalue weighted by Crippen LogP contribution is 2.15. The van der Waals surface area contributed by atoms with Crippen molar-refractivity contribution in [1.29, 1.82) is 0 Å². The average Bonchev–Trinajstić information content (AvgIpc) is 2.16. The maximum absolute atomic E-state index is 12.1. The molecule has 14 heavy (non-hydrogen) atoms. The van der Waals surface area contributed by atoms with Crippen LogP contribution < -0.4 is 5.11 Å². The molecule has 0 aliphatic rings. The molecule has 74 valence electrons. The van der Waals surface area contributed by atoms with Crippen molar-refractivity contribution in [2.45, 2.75) is 6.43 Å². The number of nitrogens with zero attached hydrogens (tertiary/aromatic N) is 1. The summed E-state index contributed by atoms with van der Waals surface area (Å²) in [5.74, 6) is -3.38. The molecule has 0 N–H and O–H groups in total. The zero-order valence-electron chi connectivity index (χ0n) is 6.74. The van der Waals surface area contributed by atoms with Gasteiger partial charge in [-0.05, 0) is 12.1 Å². The molecule has 0 saturated heterocycles. The van der Waals surface area contributed by atoms with Gasteiger partial charge in [0.25, 0.3) is 6.43 Å². The highest BCUT2D eigenvalue weighted by molar-refractivity contribution is 6.38. The molecule has 0 aromatic carbocycles. The van der Waals surface area contributed by atoms with Crippen LogP contribution in [0.2, 0.25) is 0 Å². The molecule has 0 fully saturated rings. The Balaban J connectivity index is 3.06. The fraction of sp³-hybridized carbons (Fsp3) is 0.125. The Morgan fingerprint density at radius 3 is 2.50 bits per heavy atom. The van der Waals surface area contributed by atoms with Crippen molar-refractivity contribution in [3.05, 3.63) is 29.6 Å². The molecule has 0 atom stereocenters. The Labute approximate surface area is 77.2 Å². The van der Waals surface area contributed by atoms with Crippen LogP contribution in [0.3, 0.4) is 0 Å². The van der Waals surface area contributed by atoms with Crippen LogP contribution in [0, 0.1) is 0 Å². The molecule has 6 heteroatoms. The first-order chi connectivity index (χ1) is 6.52. The van der Waals surface area contributed by atoms with E-state index in [1.807, 2.05) is 0 Å². The first-order valence-corrected chi connectivity index (χ1v) is 3.53. The average molecular weight is 200 g/mol. The number of carbonyl (C=O) groups excluding carboxylic acids is 2. The van der Waals surface area contributed by atoms with Crippen molar-refractivity contribution in [2.75, 3.05) is 0 Å². The molecular weight excluding hydrogens is 196 g/mol. The van der Waals surface area contributed by atoms with Gasteiger partial charge in [0.15, 0.2) is 0 Å². The standard InChI is InChI=1S/C8H5F2NO3/c9-7(10)5-3-1-2-4(11-5)6(12)8(13)14/h1-3,7H,(H,13,14)/p-1. The fourth-order valence-corrected chi connectivity index (χ4v) is 0.804. The molecule has 1 heterocycles. The van der Waals surface area contributed by atoms with Crippen LogP contribution in [-0.2, 0) is 4.79 Å². The third-order valence-corrected chi connectivity index (χ3v) is 1.41. The van der Waals surface area contributed by atoms with Gasteiger partial charge in [-0.3, -0.25) is 4.79 Å². The summed E-state index contributed by atoms with van der Waals surface area (Å²) >= 11 is 0. The van der Waals surface area contributed by atoms with E-state index in [0.717, 1.165) is 18.2 Å². The number of alkyl halides is 2. The predicted molar refractivity (Wildman–Crippen MR) is 38.5 cm³/mol. The van der Waals surface area contributed by atoms with Crippen molar-refractivity contribution in [3.8, 4) is 0 Å². The summed E-state index contributed by atoms with van der Waals surface area (Å²) in [5.41, 5.74) is -1.19. The quantitative estimate of drug-likeness (QED) is 0.506. The number of carbonyl (C=O) groups is 2. The molecule has 1 aromatic heterocycles. The summed E-state index contributed by atoms with van der Waals surface area (Å²) in [4.78, 5) is 24.0. The molecule has 1 rings (SSSR count). The van der Waals surface area contributed by atoms with E-state index in [-0.39, 0.29) is 0 Å². The number of aromatic nitrogens is 1. The Kier molecular flexibility index (Phi) is 2.85. The Hall–Kier alpha value is -1.85. The maximum atomic E-state index is 12.1. The van der Waals surface area contributed by atoms with E-state index in [0.29, 0.717) is 0 Å². The first kappa shape index (κ1) is 10.2. The zero-order valence-corrected chi connectivity index (χ0v) is 6.74. The third-order valence-electron chi connectivity index (χ3n) is 1.41. The molecule has 1 aromatic rings. The fourth-order valence-electron chi connectivity index (χ4n) is 0.804. The Morgan fingerprint density at radius 2 is 2.00 bits per heavy atom. The van der Waals surface area contributed by atoms with Crippen LogP contribution in [0.4, 0.5) is 8.78 Å². The van der Waals surface area contributed by atoms with Gasteiger partial charge in [-0.15, -0.1) is 0 Å². The van der Waals surface area contributed by atoms with Crippen LogP contribution >= 0.6 is 0 Å². The topological polar surface area (TPSA) is 70.1 Å². The summed E-state index contributed by atoms with van der Waals surface area (Å²) < 4.78 is 24.1. The van der Waals surface area contributed by atoms with Gasteiger partial charge in [0.2, 0.25) is 5.78 Å². The molecular formula is C8H4F2NO3-. The second kappa shape index (κ2) is 3.91. The van der Waals surface area contributed by atoms with Gasteiger partial charge in [-0.25, -0.2) is 13.8 Å². The Morgan fingerprint density at radius 1 is 1.36 bits per heavy atom. The minimum absolute atomic E-state index is 0.553. The van der Waals surface area contributed by atoms with Crippen molar-refractivity contribution in [3.63, 3.8) is 0 Å². The van der Waals surface area contributed by atoms with E-state index < -0.39 is 29.6 Å². The first-order valence-electron chi connectivity index (χ1n) is 3.53. The number of Topliss-reactive ketones (excluding diaryl/α,β-unsaturated/α-hetero) is 1. The number of hydrogen-bond acceptors (Lipinski definition) is 4. The van der Waals surface area contributed by atoms with E-state index in [1.54, 1.807) is 0 Å². The number of rotatable bonds is 3. The second-order valence-electron chi connectivity index (χ2n) is 2.36. The Bertz CT molecular complexity index is 379. The number of halogens is 2. The molecule has 0 saturated carbocycles. The van der Waals surface area contributed by atoms with Crippen LogP contribution in [-0.4, -0.2) is 16.7 Å². The van der Waals surface area contributed by atoms with Gasteiger partial charge >= 0.3 is 0 Å². The van der Waals surface area contributed by atoms with Gasteiger partial charge in [0.1, 0.15) is 17.4 Å². The number of carboxylic acid groups (broad SMARTS) is 1. The van der Waals surface area contributed by atoms with Crippen molar-refractivity contribution in [2.24, 2.45) is 0 Å². The van der Waals surface area contributed by atoms with Gasteiger partial charge in [-0.1, -0.05) is 6.07 Å². The molecule has 0 amide bonds. The van der Waals surface area contributed by atoms with Gasteiger partial charge in [0.05, 0.1) is 0 Å². The number of ketones is 1. The maximum Gasteiger partial charge on any atom is 0.280 e. The van der Waals surface area contributed by atoms with E-state index >= 15 is 0 Å². The predicted octanol–water partition coefficient (Wildman–Crippen LogP) is -0.0482. The van der Waals surface area contributed by atoms with Crippen molar-refractivity contribution >= 4 is 11.8 Å². The van der Waals surface area contributed by atoms with Gasteiger partial charge in [-0.2, -0.15) is 0 Å². The zero-order chi connectivity index (χ0) is 10.7. The number of hydrogen-bond donors (Lipinski definition) is 0. The SMILES string of the molecule is O=C([O-])C(=O)c1cccc(C(F)F)n1. The summed E-state index contributed by atoms with van der Waals surface area (Å²) in [7, 11) is 0. The minimum atomic E-state index is -2.84. The monoisotopic (exact) mass is 200 g/mol. The van der Waals surface area contributed by atoms with Gasteiger partial charge in [0, 0.05) is 0 Å². The minimum Gasteiger partial charge on any atom is -0.541 e. The van der Waals surface area contributed by atoms with E-state index in [1.165, 1.54) is 0 Å². The highest BCUT2D eigenvalue weighted by atomic mass is 19.3. The number of pyridine rings is 1. The normalized spacial score (nSPS) is 10.2. The lowest BCUT2D eigenvalue weighted by molar-refractivity contribution is -0.296. The van der Waals surface area contributed by atoms with E-state index in [9.17, 15) is 23.5 Å². The van der Waals surface area contributed by atoms with Crippen LogP contribution in [0.1, 0.15) is 22.6 Å². The second-order valence-corrected chi connectivity index (χ2v) is 2.36. The molecule has 0 spiro atoms. The number of aliphatic carboxylic acids is 1. The molecule has 0 unspecified atom stereocenters. The van der Waals surface area contributed by atoms with E-state index in [4.69, 9.17) is 0 Å². The lowest BCUT2D eigenvalue weighted by Gasteiger charge is -2.02. The third kappa shape index (κ3) is 2.09. The molecule has 0 aliphatic carbocycles. The smallest absolute Gasteiger partial charge is 0.280 e. The van der Waals surface area contributed by atoms with Crippen LogP contribution in [0.25, 0.3) is 0 Å². The van der Waals surface area contributed by atoms with E-state index in [2.05, 4.69) is 4.98 Å². The molecule has 0 aliphatic heterocycles. The van der Waals surface area contributed by atoms with Crippen molar-refractivity contribution in [1.82, 2.24) is 4.98 Å². The summed E-state index contributed by atoms with van der Waals surface area (Å²) in [6.45, 7) is 0. The highest BCUT2D eigenvalue weighted by Gasteiger charge is 2.13. The largest absolute Gasteiger partial charge is 0.541 e. The summed E-state index contributed by atoms with van der Waals surface area (Å²) in [6, 6.07) is 3.16.